The highest BCUT2D eigenvalue weighted by Gasteiger charge is 2.09. The van der Waals surface area contributed by atoms with Crippen LogP contribution < -0.4 is 5.43 Å². The van der Waals surface area contributed by atoms with Crippen LogP contribution in [0, 0.1) is 0 Å². The molecule has 3 aromatic rings. The van der Waals surface area contributed by atoms with E-state index in [9.17, 15) is 4.79 Å². The Kier molecular flexibility index (Phi) is 5.45. The van der Waals surface area contributed by atoms with Gasteiger partial charge in [-0.2, -0.15) is 0 Å². The zero-order chi connectivity index (χ0) is 16.1. The van der Waals surface area contributed by atoms with Crippen molar-refractivity contribution in [2.45, 2.75) is 51.9 Å². The van der Waals surface area contributed by atoms with Crippen LogP contribution in [0.1, 0.15) is 51.0 Å². The van der Waals surface area contributed by atoms with E-state index in [1.54, 1.807) is 11.3 Å². The van der Waals surface area contributed by atoms with Gasteiger partial charge in [0, 0.05) is 20.2 Å². The monoisotopic (exact) mass is 324 g/mol. The highest BCUT2D eigenvalue weighted by Crippen LogP contribution is 2.27. The molecule has 0 aliphatic rings. The Morgan fingerprint density at radius 1 is 0.826 bits per heavy atom. The normalized spacial score (nSPS) is 11.3. The largest absolute Gasteiger partial charge is 0.288 e. The SMILES string of the molecule is CCCCCCCCc1cccc2sc3ccccc3c(=O)c12. The van der Waals surface area contributed by atoms with Crippen LogP contribution >= 0.6 is 11.3 Å². The Hall–Kier alpha value is -1.67. The van der Waals surface area contributed by atoms with Crippen molar-refractivity contribution in [1.82, 2.24) is 0 Å². The second kappa shape index (κ2) is 7.74. The topological polar surface area (TPSA) is 17.1 Å². The molecule has 2 heteroatoms. The van der Waals surface area contributed by atoms with Crippen molar-refractivity contribution in [2.24, 2.45) is 0 Å². The molecule has 0 atom stereocenters. The summed E-state index contributed by atoms with van der Waals surface area (Å²) in [5.41, 5.74) is 1.43. The van der Waals surface area contributed by atoms with Crippen LogP contribution in [0.15, 0.2) is 47.3 Å². The zero-order valence-electron chi connectivity index (χ0n) is 13.8. The average molecular weight is 324 g/mol. The van der Waals surface area contributed by atoms with Crippen molar-refractivity contribution in [3.8, 4) is 0 Å². The number of fused-ring (bicyclic) bond motifs is 2. The molecule has 0 aliphatic carbocycles. The zero-order valence-corrected chi connectivity index (χ0v) is 14.6. The van der Waals surface area contributed by atoms with Gasteiger partial charge in [-0.1, -0.05) is 63.3 Å². The molecule has 0 N–H and O–H groups in total. The predicted molar refractivity (Wildman–Crippen MR) is 103 cm³/mol. The lowest BCUT2D eigenvalue weighted by atomic mass is 10.0. The van der Waals surface area contributed by atoms with Crippen LogP contribution in [-0.2, 0) is 6.42 Å². The van der Waals surface area contributed by atoms with E-state index in [4.69, 9.17) is 0 Å². The van der Waals surface area contributed by atoms with Crippen LogP contribution in [0.4, 0.5) is 0 Å². The maximum absolute atomic E-state index is 12.9. The summed E-state index contributed by atoms with van der Waals surface area (Å²) < 4.78 is 2.21. The number of hydrogen-bond donors (Lipinski definition) is 0. The Labute approximate surface area is 142 Å². The second-order valence-corrected chi connectivity index (χ2v) is 7.32. The Balaban J connectivity index is 1.86. The van der Waals surface area contributed by atoms with E-state index < -0.39 is 0 Å². The highest BCUT2D eigenvalue weighted by atomic mass is 32.1. The number of rotatable bonds is 7. The first kappa shape index (κ1) is 16.2. The molecule has 1 nitrogen and oxygen atoms in total. The van der Waals surface area contributed by atoms with Gasteiger partial charge >= 0.3 is 0 Å². The molecule has 0 saturated heterocycles. The minimum atomic E-state index is 0.205. The van der Waals surface area contributed by atoms with Crippen LogP contribution in [0.3, 0.4) is 0 Å². The first-order valence-corrected chi connectivity index (χ1v) is 9.56. The van der Waals surface area contributed by atoms with Gasteiger partial charge in [0.1, 0.15) is 0 Å². The third-order valence-electron chi connectivity index (χ3n) is 4.49. The molecule has 1 heterocycles. The summed E-state index contributed by atoms with van der Waals surface area (Å²) in [6, 6.07) is 14.3. The molecule has 0 aliphatic heterocycles. The average Bonchev–Trinajstić information content (AvgIpc) is 2.58. The van der Waals surface area contributed by atoms with Crippen LogP contribution in [0.2, 0.25) is 0 Å². The summed E-state index contributed by atoms with van der Waals surface area (Å²) in [7, 11) is 0. The lowest BCUT2D eigenvalue weighted by molar-refractivity contribution is 0.608. The summed E-state index contributed by atoms with van der Waals surface area (Å²) in [5, 5.41) is 1.81. The van der Waals surface area contributed by atoms with Crippen molar-refractivity contribution in [1.29, 1.82) is 0 Å². The molecule has 120 valence electrons. The third-order valence-corrected chi connectivity index (χ3v) is 5.63. The predicted octanol–water partition coefficient (Wildman–Crippen LogP) is 6.32. The number of unbranched alkanes of at least 4 members (excludes halogenated alkanes) is 5. The van der Waals surface area contributed by atoms with E-state index in [2.05, 4.69) is 25.1 Å². The summed E-state index contributed by atoms with van der Waals surface area (Å²) in [6.07, 6.45) is 8.75. The number of aryl methyl sites for hydroxylation is 1. The molecule has 1 aromatic heterocycles. The van der Waals surface area contributed by atoms with Gasteiger partial charge in [0.25, 0.3) is 0 Å². The van der Waals surface area contributed by atoms with Gasteiger partial charge in [0.2, 0.25) is 0 Å². The van der Waals surface area contributed by atoms with Crippen molar-refractivity contribution >= 4 is 31.5 Å². The maximum atomic E-state index is 12.9. The van der Waals surface area contributed by atoms with Gasteiger partial charge < -0.3 is 0 Å². The van der Waals surface area contributed by atoms with Crippen LogP contribution in [-0.4, -0.2) is 0 Å². The van der Waals surface area contributed by atoms with Crippen LogP contribution in [0.25, 0.3) is 20.2 Å². The molecule has 0 unspecified atom stereocenters. The minimum Gasteiger partial charge on any atom is -0.288 e. The lowest BCUT2D eigenvalue weighted by Crippen LogP contribution is -2.04. The fraction of sp³-hybridized carbons (Fsp3) is 0.381. The standard InChI is InChI=1S/C21H24OS/c1-2-3-4-5-6-7-11-16-12-10-15-19-20(16)21(22)17-13-8-9-14-18(17)23-19/h8-10,12-15H,2-7,11H2,1H3. The molecule has 0 saturated carbocycles. The Morgan fingerprint density at radius 2 is 1.57 bits per heavy atom. The van der Waals surface area contributed by atoms with Crippen LogP contribution in [0.5, 0.6) is 0 Å². The van der Waals surface area contributed by atoms with Crippen molar-refractivity contribution in [3.05, 3.63) is 58.3 Å². The molecule has 0 spiro atoms. The summed E-state index contributed by atoms with van der Waals surface area (Å²) in [5.74, 6) is 0. The van der Waals surface area contributed by atoms with Gasteiger partial charge in [-0.05, 0) is 36.6 Å². The van der Waals surface area contributed by atoms with Crippen molar-refractivity contribution in [3.63, 3.8) is 0 Å². The van der Waals surface area contributed by atoms with Gasteiger partial charge in [-0.25, -0.2) is 0 Å². The van der Waals surface area contributed by atoms with E-state index in [1.807, 2.05) is 24.3 Å². The Bertz CT molecular complexity index is 847. The summed E-state index contributed by atoms with van der Waals surface area (Å²) >= 11 is 1.73. The molecular weight excluding hydrogens is 300 g/mol. The summed E-state index contributed by atoms with van der Waals surface area (Å²) in [6.45, 7) is 2.25. The maximum Gasteiger partial charge on any atom is 0.196 e. The van der Waals surface area contributed by atoms with Gasteiger partial charge in [-0.3, -0.25) is 4.79 Å². The van der Waals surface area contributed by atoms with Crippen molar-refractivity contribution in [2.75, 3.05) is 0 Å². The highest BCUT2D eigenvalue weighted by molar-refractivity contribution is 7.24. The van der Waals surface area contributed by atoms with E-state index in [0.717, 1.165) is 26.6 Å². The van der Waals surface area contributed by atoms with E-state index in [-0.39, 0.29) is 5.43 Å². The molecule has 0 fully saturated rings. The fourth-order valence-corrected chi connectivity index (χ4v) is 4.35. The first-order chi connectivity index (χ1) is 11.3. The molecule has 3 rings (SSSR count). The minimum absolute atomic E-state index is 0.205. The molecule has 0 bridgehead atoms. The third kappa shape index (κ3) is 3.64. The van der Waals surface area contributed by atoms with E-state index in [1.165, 1.54) is 44.1 Å². The molecule has 2 aromatic carbocycles. The molecule has 23 heavy (non-hydrogen) atoms. The van der Waals surface area contributed by atoms with Crippen molar-refractivity contribution < 1.29 is 0 Å². The Morgan fingerprint density at radius 3 is 2.43 bits per heavy atom. The second-order valence-electron chi connectivity index (χ2n) is 6.24. The molecule has 0 amide bonds. The molecular formula is C21H24OS. The smallest absolute Gasteiger partial charge is 0.196 e. The van der Waals surface area contributed by atoms with Gasteiger partial charge in [0.05, 0.1) is 0 Å². The fourth-order valence-electron chi connectivity index (χ4n) is 3.22. The number of hydrogen-bond acceptors (Lipinski definition) is 2. The quantitative estimate of drug-likeness (QED) is 0.367. The van der Waals surface area contributed by atoms with E-state index in [0.29, 0.717) is 0 Å². The summed E-state index contributed by atoms with van der Waals surface area (Å²) in [4.78, 5) is 12.9. The first-order valence-electron chi connectivity index (χ1n) is 8.74. The van der Waals surface area contributed by atoms with Gasteiger partial charge in [0.15, 0.2) is 5.43 Å². The van der Waals surface area contributed by atoms with E-state index >= 15 is 0 Å². The van der Waals surface area contributed by atoms with Gasteiger partial charge in [-0.15, -0.1) is 11.3 Å². The molecule has 0 radical (unpaired) electrons. The lowest BCUT2D eigenvalue weighted by Gasteiger charge is -2.07. The number of benzene rings is 2.